The van der Waals surface area contributed by atoms with Gasteiger partial charge in [-0.1, -0.05) is 6.07 Å². The summed E-state index contributed by atoms with van der Waals surface area (Å²) in [5, 5.41) is 2.77. The molecule has 2 heteroatoms. The van der Waals surface area contributed by atoms with Crippen molar-refractivity contribution >= 4 is 5.91 Å². The molecule has 1 aromatic rings. The Morgan fingerprint density at radius 3 is 2.73 bits per heavy atom. The molecule has 0 aliphatic rings. The molecule has 1 amide bonds. The lowest BCUT2D eigenvalue weighted by Crippen LogP contribution is -2.24. The summed E-state index contributed by atoms with van der Waals surface area (Å²) < 4.78 is 0. The molecule has 0 radical (unpaired) electrons. The first-order chi connectivity index (χ1) is 7.15. The SMILES string of the molecule is C#CCCNC(=O)c1ccc(C)c(C)c1. The van der Waals surface area contributed by atoms with E-state index in [1.807, 2.05) is 32.0 Å². The Labute approximate surface area is 90.7 Å². The van der Waals surface area contributed by atoms with Crippen molar-refractivity contribution in [1.82, 2.24) is 5.32 Å². The fourth-order valence-electron chi connectivity index (χ4n) is 1.23. The highest BCUT2D eigenvalue weighted by atomic mass is 16.1. The van der Waals surface area contributed by atoms with E-state index in [0.29, 0.717) is 18.5 Å². The van der Waals surface area contributed by atoms with Crippen LogP contribution in [0.1, 0.15) is 27.9 Å². The predicted octanol–water partition coefficient (Wildman–Crippen LogP) is 2.06. The predicted molar refractivity (Wildman–Crippen MR) is 61.7 cm³/mol. The van der Waals surface area contributed by atoms with Crippen LogP contribution in [0.3, 0.4) is 0 Å². The third kappa shape index (κ3) is 3.14. The Kier molecular flexibility index (Phi) is 3.93. The molecule has 1 rings (SSSR count). The van der Waals surface area contributed by atoms with Crippen molar-refractivity contribution in [2.45, 2.75) is 20.3 Å². The standard InChI is InChI=1S/C13H15NO/c1-4-5-8-14-13(15)12-7-6-10(2)11(3)9-12/h1,6-7,9H,5,8H2,2-3H3,(H,14,15). The smallest absolute Gasteiger partial charge is 0.251 e. The van der Waals surface area contributed by atoms with Gasteiger partial charge in [-0.25, -0.2) is 0 Å². The van der Waals surface area contributed by atoms with E-state index < -0.39 is 0 Å². The van der Waals surface area contributed by atoms with E-state index in [1.54, 1.807) is 0 Å². The maximum Gasteiger partial charge on any atom is 0.251 e. The summed E-state index contributed by atoms with van der Waals surface area (Å²) in [4.78, 5) is 11.6. The molecule has 0 bridgehead atoms. The fraction of sp³-hybridized carbons (Fsp3) is 0.308. The highest BCUT2D eigenvalue weighted by molar-refractivity contribution is 5.94. The number of hydrogen-bond acceptors (Lipinski definition) is 1. The molecule has 1 N–H and O–H groups in total. The Bertz CT molecular complexity index is 401. The van der Waals surface area contributed by atoms with Crippen LogP contribution in [0.4, 0.5) is 0 Å². The molecule has 1 aromatic carbocycles. The highest BCUT2D eigenvalue weighted by Crippen LogP contribution is 2.09. The molecule has 78 valence electrons. The fourth-order valence-corrected chi connectivity index (χ4v) is 1.23. The van der Waals surface area contributed by atoms with Gasteiger partial charge in [0.15, 0.2) is 0 Å². The number of rotatable bonds is 3. The van der Waals surface area contributed by atoms with Gasteiger partial charge in [-0.15, -0.1) is 12.3 Å². The second kappa shape index (κ2) is 5.21. The molecule has 0 fully saturated rings. The number of aryl methyl sites for hydroxylation is 2. The van der Waals surface area contributed by atoms with Crippen LogP contribution >= 0.6 is 0 Å². The first-order valence-electron chi connectivity index (χ1n) is 4.94. The molecule has 0 aliphatic carbocycles. The van der Waals surface area contributed by atoms with E-state index in [4.69, 9.17) is 6.42 Å². The summed E-state index contributed by atoms with van der Waals surface area (Å²) in [5.74, 6) is 2.42. The zero-order valence-electron chi connectivity index (χ0n) is 9.13. The van der Waals surface area contributed by atoms with Crippen LogP contribution in [-0.2, 0) is 0 Å². The molecule has 0 aromatic heterocycles. The summed E-state index contributed by atoms with van der Waals surface area (Å²) in [7, 11) is 0. The molecule has 0 saturated carbocycles. The minimum Gasteiger partial charge on any atom is -0.351 e. The number of nitrogens with one attached hydrogen (secondary N) is 1. The third-order valence-electron chi connectivity index (χ3n) is 2.32. The van der Waals surface area contributed by atoms with Crippen molar-refractivity contribution in [3.05, 3.63) is 34.9 Å². The van der Waals surface area contributed by atoms with Gasteiger partial charge in [-0.2, -0.15) is 0 Å². The van der Waals surface area contributed by atoms with E-state index in [1.165, 1.54) is 5.56 Å². The average Bonchev–Trinajstić information content (AvgIpc) is 2.22. The first kappa shape index (κ1) is 11.3. The number of amides is 1. The van der Waals surface area contributed by atoms with Gasteiger partial charge < -0.3 is 5.32 Å². The van der Waals surface area contributed by atoms with Gasteiger partial charge >= 0.3 is 0 Å². The van der Waals surface area contributed by atoms with Crippen LogP contribution in [0, 0.1) is 26.2 Å². The maximum absolute atomic E-state index is 11.6. The normalized spacial score (nSPS) is 9.40. The summed E-state index contributed by atoms with van der Waals surface area (Å²) in [6, 6.07) is 5.67. The highest BCUT2D eigenvalue weighted by Gasteiger charge is 2.04. The molecular weight excluding hydrogens is 186 g/mol. The van der Waals surface area contributed by atoms with Crippen LogP contribution in [0.2, 0.25) is 0 Å². The Hall–Kier alpha value is -1.75. The van der Waals surface area contributed by atoms with Gasteiger partial charge in [-0.05, 0) is 37.1 Å². The average molecular weight is 201 g/mol. The van der Waals surface area contributed by atoms with E-state index in [-0.39, 0.29) is 5.91 Å². The van der Waals surface area contributed by atoms with Crippen molar-refractivity contribution in [2.24, 2.45) is 0 Å². The molecule has 0 spiro atoms. The van der Waals surface area contributed by atoms with E-state index in [2.05, 4.69) is 11.2 Å². The monoisotopic (exact) mass is 201 g/mol. The second-order valence-electron chi connectivity index (χ2n) is 3.51. The molecule has 2 nitrogen and oxygen atoms in total. The van der Waals surface area contributed by atoms with Crippen molar-refractivity contribution < 1.29 is 4.79 Å². The van der Waals surface area contributed by atoms with E-state index in [9.17, 15) is 4.79 Å². The van der Waals surface area contributed by atoms with Gasteiger partial charge in [0, 0.05) is 18.5 Å². The topological polar surface area (TPSA) is 29.1 Å². The lowest BCUT2D eigenvalue weighted by Gasteiger charge is -2.05. The molecule has 0 atom stereocenters. The number of carbonyl (C=O) groups excluding carboxylic acids is 1. The van der Waals surface area contributed by atoms with Crippen molar-refractivity contribution in [1.29, 1.82) is 0 Å². The van der Waals surface area contributed by atoms with Gasteiger partial charge in [0.2, 0.25) is 0 Å². The Balaban J connectivity index is 2.67. The minimum atomic E-state index is -0.0617. The molecular formula is C13H15NO. The molecule has 15 heavy (non-hydrogen) atoms. The van der Waals surface area contributed by atoms with Gasteiger partial charge in [0.25, 0.3) is 5.91 Å². The number of terminal acetylenes is 1. The lowest BCUT2D eigenvalue weighted by atomic mass is 10.1. The summed E-state index contributed by atoms with van der Waals surface area (Å²) in [6.45, 7) is 4.55. The number of benzene rings is 1. The van der Waals surface area contributed by atoms with E-state index in [0.717, 1.165) is 5.56 Å². The summed E-state index contributed by atoms with van der Waals surface area (Å²) in [5.41, 5.74) is 3.00. The Morgan fingerprint density at radius 2 is 2.13 bits per heavy atom. The Morgan fingerprint density at radius 1 is 1.40 bits per heavy atom. The van der Waals surface area contributed by atoms with E-state index >= 15 is 0 Å². The second-order valence-corrected chi connectivity index (χ2v) is 3.51. The third-order valence-corrected chi connectivity index (χ3v) is 2.32. The molecule has 0 heterocycles. The van der Waals surface area contributed by atoms with Crippen LogP contribution in [0.15, 0.2) is 18.2 Å². The van der Waals surface area contributed by atoms with Crippen molar-refractivity contribution in [3.63, 3.8) is 0 Å². The van der Waals surface area contributed by atoms with Crippen molar-refractivity contribution in [2.75, 3.05) is 6.54 Å². The quantitative estimate of drug-likeness (QED) is 0.588. The first-order valence-corrected chi connectivity index (χ1v) is 4.94. The minimum absolute atomic E-state index is 0.0617. The molecule has 0 unspecified atom stereocenters. The lowest BCUT2D eigenvalue weighted by molar-refractivity contribution is 0.0954. The van der Waals surface area contributed by atoms with Crippen LogP contribution in [0.5, 0.6) is 0 Å². The zero-order chi connectivity index (χ0) is 11.3. The largest absolute Gasteiger partial charge is 0.351 e. The zero-order valence-corrected chi connectivity index (χ0v) is 9.13. The number of carbonyl (C=O) groups is 1. The van der Waals surface area contributed by atoms with Crippen LogP contribution in [-0.4, -0.2) is 12.5 Å². The van der Waals surface area contributed by atoms with Gasteiger partial charge in [0.05, 0.1) is 0 Å². The van der Waals surface area contributed by atoms with Gasteiger partial charge in [0.1, 0.15) is 0 Å². The van der Waals surface area contributed by atoms with Gasteiger partial charge in [-0.3, -0.25) is 4.79 Å². The van der Waals surface area contributed by atoms with Crippen LogP contribution < -0.4 is 5.32 Å². The summed E-state index contributed by atoms with van der Waals surface area (Å²) in [6.07, 6.45) is 5.66. The van der Waals surface area contributed by atoms with Crippen molar-refractivity contribution in [3.8, 4) is 12.3 Å². The maximum atomic E-state index is 11.6. The number of hydrogen-bond donors (Lipinski definition) is 1. The van der Waals surface area contributed by atoms with Crippen LogP contribution in [0.25, 0.3) is 0 Å². The summed E-state index contributed by atoms with van der Waals surface area (Å²) >= 11 is 0. The molecule has 0 saturated heterocycles. The molecule has 0 aliphatic heterocycles.